The van der Waals surface area contributed by atoms with Gasteiger partial charge in [-0.25, -0.2) is 4.98 Å². The van der Waals surface area contributed by atoms with Gasteiger partial charge in [0.1, 0.15) is 11.5 Å². The Morgan fingerprint density at radius 1 is 1.30 bits per heavy atom. The zero-order chi connectivity index (χ0) is 14.3. The minimum absolute atomic E-state index is 0.597. The number of hydrogen-bond acceptors (Lipinski definition) is 3. The monoisotopic (exact) mass is 268 g/mol. The maximum atomic E-state index is 11.0. The summed E-state index contributed by atoms with van der Waals surface area (Å²) in [6.45, 7) is 4.63. The van der Waals surface area contributed by atoms with Crippen LogP contribution in [-0.2, 0) is 13.6 Å². The summed E-state index contributed by atoms with van der Waals surface area (Å²) in [5, 5.41) is 4.46. The van der Waals surface area contributed by atoms with Crippen molar-refractivity contribution in [1.82, 2.24) is 19.3 Å². The van der Waals surface area contributed by atoms with Gasteiger partial charge in [0, 0.05) is 19.2 Å². The second-order valence-corrected chi connectivity index (χ2v) is 4.81. The Balaban J connectivity index is 2.14. The molecule has 0 aliphatic carbocycles. The number of carbonyl (C=O) groups is 1. The van der Waals surface area contributed by atoms with Crippen molar-refractivity contribution >= 4 is 17.3 Å². The van der Waals surface area contributed by atoms with E-state index < -0.39 is 0 Å². The molecule has 5 heteroatoms. The minimum atomic E-state index is 0.597. The first kappa shape index (κ1) is 12.6. The first-order valence-electron chi connectivity index (χ1n) is 6.60. The molecule has 3 aromatic rings. The average molecular weight is 268 g/mol. The highest BCUT2D eigenvalue weighted by atomic mass is 16.1. The van der Waals surface area contributed by atoms with E-state index in [2.05, 4.69) is 14.6 Å². The third-order valence-electron chi connectivity index (χ3n) is 3.63. The maximum absolute atomic E-state index is 11.0. The third-order valence-corrected chi connectivity index (χ3v) is 3.63. The fourth-order valence-electron chi connectivity index (χ4n) is 2.40. The molecule has 5 nitrogen and oxygen atoms in total. The molecule has 0 radical (unpaired) electrons. The molecule has 0 saturated carbocycles. The van der Waals surface area contributed by atoms with Crippen molar-refractivity contribution in [2.45, 2.75) is 20.4 Å². The van der Waals surface area contributed by atoms with Crippen molar-refractivity contribution < 1.29 is 4.79 Å². The van der Waals surface area contributed by atoms with E-state index in [1.807, 2.05) is 45.2 Å². The van der Waals surface area contributed by atoms with E-state index in [0.29, 0.717) is 12.2 Å². The van der Waals surface area contributed by atoms with Crippen molar-refractivity contribution in [3.63, 3.8) is 0 Å². The Morgan fingerprint density at radius 3 is 2.75 bits per heavy atom. The second kappa shape index (κ2) is 4.59. The number of aromatic nitrogens is 4. The predicted octanol–water partition coefficient (Wildman–Crippen LogP) is 2.58. The second-order valence-electron chi connectivity index (χ2n) is 4.81. The molecule has 0 fully saturated rings. The van der Waals surface area contributed by atoms with Crippen LogP contribution in [0.2, 0.25) is 0 Å². The molecule has 0 aliphatic rings. The number of aryl methyl sites for hydroxylation is 3. The van der Waals surface area contributed by atoms with Crippen LogP contribution in [0, 0.1) is 6.92 Å². The fourth-order valence-corrected chi connectivity index (χ4v) is 2.40. The van der Waals surface area contributed by atoms with Gasteiger partial charge in [-0.3, -0.25) is 9.48 Å². The van der Waals surface area contributed by atoms with E-state index in [9.17, 15) is 4.79 Å². The fraction of sp³-hybridized carbons (Fsp3) is 0.267. The summed E-state index contributed by atoms with van der Waals surface area (Å²) in [7, 11) is 2.00. The van der Waals surface area contributed by atoms with Gasteiger partial charge in [0.2, 0.25) is 0 Å². The van der Waals surface area contributed by atoms with Crippen molar-refractivity contribution in [2.24, 2.45) is 7.05 Å². The van der Waals surface area contributed by atoms with Gasteiger partial charge in [-0.1, -0.05) is 6.07 Å². The molecule has 0 N–H and O–H groups in total. The summed E-state index contributed by atoms with van der Waals surface area (Å²) < 4.78 is 3.76. The van der Waals surface area contributed by atoms with Crippen LogP contribution in [0.1, 0.15) is 23.2 Å². The lowest BCUT2D eigenvalue weighted by Gasteiger charge is -1.99. The van der Waals surface area contributed by atoms with Crippen LogP contribution >= 0.6 is 0 Å². The number of nitrogens with zero attached hydrogens (tertiary/aromatic N) is 4. The number of fused-ring (bicyclic) bond motifs is 1. The van der Waals surface area contributed by atoms with Gasteiger partial charge >= 0.3 is 0 Å². The molecule has 0 aliphatic heterocycles. The normalized spacial score (nSPS) is 11.2. The Kier molecular flexibility index (Phi) is 2.89. The van der Waals surface area contributed by atoms with E-state index in [1.54, 1.807) is 4.68 Å². The average Bonchev–Trinajstić information content (AvgIpc) is 3.00. The highest BCUT2D eigenvalue weighted by Gasteiger charge is 2.10. The summed E-state index contributed by atoms with van der Waals surface area (Å²) in [5.41, 5.74) is 4.42. The molecule has 2 aromatic heterocycles. The Bertz CT molecular complexity index is 798. The smallest absolute Gasteiger partial charge is 0.168 e. The largest absolute Gasteiger partial charge is 0.331 e. The van der Waals surface area contributed by atoms with Crippen molar-refractivity contribution in [1.29, 1.82) is 0 Å². The summed E-state index contributed by atoms with van der Waals surface area (Å²) in [6.07, 6.45) is 0.837. The summed E-state index contributed by atoms with van der Waals surface area (Å²) in [4.78, 5) is 15.5. The minimum Gasteiger partial charge on any atom is -0.331 e. The molecule has 102 valence electrons. The zero-order valence-corrected chi connectivity index (χ0v) is 11.8. The van der Waals surface area contributed by atoms with Crippen LogP contribution in [0.25, 0.3) is 22.3 Å². The predicted molar refractivity (Wildman–Crippen MR) is 77.7 cm³/mol. The number of aldehydes is 1. The molecule has 1 aromatic carbocycles. The van der Waals surface area contributed by atoms with Gasteiger partial charge < -0.3 is 4.57 Å². The highest BCUT2D eigenvalue weighted by molar-refractivity contribution is 5.83. The van der Waals surface area contributed by atoms with Gasteiger partial charge in [0.25, 0.3) is 0 Å². The topological polar surface area (TPSA) is 52.7 Å². The van der Waals surface area contributed by atoms with Crippen molar-refractivity contribution in [3.05, 3.63) is 35.8 Å². The molecule has 0 atom stereocenters. The molecule has 0 saturated heterocycles. The van der Waals surface area contributed by atoms with E-state index >= 15 is 0 Å². The number of carbonyl (C=O) groups excluding carboxylic acids is 1. The number of rotatable bonds is 3. The van der Waals surface area contributed by atoms with Crippen LogP contribution in [0.5, 0.6) is 0 Å². The molecule has 3 rings (SSSR count). The standard InChI is InChI=1S/C15H16N4O/c1-4-19-12(9-20)8-13(17-19)11-5-6-15-14(7-11)16-10(2)18(15)3/h5-9H,4H2,1-3H3. The molecule has 2 heterocycles. The molecule has 20 heavy (non-hydrogen) atoms. The Hall–Kier alpha value is -2.43. The van der Waals surface area contributed by atoms with Crippen LogP contribution in [-0.4, -0.2) is 25.6 Å². The van der Waals surface area contributed by atoms with Crippen LogP contribution in [0.15, 0.2) is 24.3 Å². The maximum Gasteiger partial charge on any atom is 0.168 e. The van der Waals surface area contributed by atoms with Gasteiger partial charge in [-0.15, -0.1) is 0 Å². The lowest BCUT2D eigenvalue weighted by Crippen LogP contribution is -2.00. The van der Waals surface area contributed by atoms with Crippen LogP contribution in [0.4, 0.5) is 0 Å². The third kappa shape index (κ3) is 1.82. The quantitative estimate of drug-likeness (QED) is 0.686. The van der Waals surface area contributed by atoms with Crippen LogP contribution < -0.4 is 0 Å². The van der Waals surface area contributed by atoms with Gasteiger partial charge in [0.15, 0.2) is 6.29 Å². The lowest BCUT2D eigenvalue weighted by atomic mass is 10.1. The molecule has 0 unspecified atom stereocenters. The molecular formula is C15H16N4O. The summed E-state index contributed by atoms with van der Waals surface area (Å²) in [6, 6.07) is 7.88. The van der Waals surface area contributed by atoms with E-state index in [1.165, 1.54) is 0 Å². The van der Waals surface area contributed by atoms with Gasteiger partial charge in [-0.05, 0) is 32.0 Å². The SMILES string of the molecule is CCn1nc(-c2ccc3c(c2)nc(C)n3C)cc1C=O. The highest BCUT2D eigenvalue weighted by Crippen LogP contribution is 2.24. The first-order valence-corrected chi connectivity index (χ1v) is 6.60. The van der Waals surface area contributed by atoms with Crippen molar-refractivity contribution in [2.75, 3.05) is 0 Å². The first-order chi connectivity index (χ1) is 9.63. The summed E-state index contributed by atoms with van der Waals surface area (Å²) in [5.74, 6) is 0.977. The number of imidazole rings is 1. The van der Waals surface area contributed by atoms with E-state index in [0.717, 1.165) is 34.4 Å². The van der Waals surface area contributed by atoms with Crippen molar-refractivity contribution in [3.8, 4) is 11.3 Å². The molecule has 0 bridgehead atoms. The lowest BCUT2D eigenvalue weighted by molar-refractivity contribution is 0.111. The molecular weight excluding hydrogens is 252 g/mol. The summed E-state index contributed by atoms with van der Waals surface area (Å²) >= 11 is 0. The van der Waals surface area contributed by atoms with E-state index in [4.69, 9.17) is 0 Å². The number of hydrogen-bond donors (Lipinski definition) is 0. The number of benzene rings is 1. The Morgan fingerprint density at radius 2 is 2.10 bits per heavy atom. The molecule has 0 amide bonds. The van der Waals surface area contributed by atoms with Gasteiger partial charge in [-0.2, -0.15) is 5.10 Å². The van der Waals surface area contributed by atoms with Gasteiger partial charge in [0.05, 0.1) is 16.7 Å². The zero-order valence-electron chi connectivity index (χ0n) is 11.8. The Labute approximate surface area is 116 Å². The van der Waals surface area contributed by atoms with Crippen LogP contribution in [0.3, 0.4) is 0 Å². The van der Waals surface area contributed by atoms with E-state index in [-0.39, 0.29) is 0 Å². The molecule has 0 spiro atoms.